The van der Waals surface area contributed by atoms with Crippen LogP contribution in [0.4, 0.5) is 0 Å². The third kappa shape index (κ3) is 3.79. The van der Waals surface area contributed by atoms with Gasteiger partial charge in [-0.15, -0.1) is 0 Å². The number of carbonyl (C=O) groups excluding carboxylic acids is 1. The van der Waals surface area contributed by atoms with Gasteiger partial charge in [-0.25, -0.2) is 0 Å². The fraction of sp³-hybridized carbons (Fsp3) is 0.938. The fourth-order valence-electron chi connectivity index (χ4n) is 3.77. The molecular weight excluding hydrogens is 236 g/mol. The summed E-state index contributed by atoms with van der Waals surface area (Å²) in [6.07, 6.45) is 4.33. The number of hydrogen-bond acceptors (Lipinski definition) is 3. The van der Waals surface area contributed by atoms with Crippen molar-refractivity contribution in [3.63, 3.8) is 0 Å². The highest BCUT2D eigenvalue weighted by atomic mass is 16.1. The first kappa shape index (κ1) is 15.0. The van der Waals surface area contributed by atoms with Gasteiger partial charge in [0.2, 0.25) is 0 Å². The molecule has 2 aliphatic rings. The van der Waals surface area contributed by atoms with Crippen molar-refractivity contribution in [2.24, 2.45) is 11.8 Å². The number of Topliss-reactive ketones (excluding diaryl/α,β-unsaturated/α-hetero) is 1. The minimum atomic E-state index is 0.319. The Kier molecular flexibility index (Phi) is 5.40. The van der Waals surface area contributed by atoms with Crippen LogP contribution in [0.3, 0.4) is 0 Å². The van der Waals surface area contributed by atoms with E-state index in [0.29, 0.717) is 17.7 Å². The number of ketones is 1. The maximum absolute atomic E-state index is 12.1. The minimum Gasteiger partial charge on any atom is -0.300 e. The SMILES string of the molecule is CCC1CCC(=O)C(CN2CCN(CC)C(C)C2)C1. The number of hydrogen-bond donors (Lipinski definition) is 0. The molecule has 1 aliphatic carbocycles. The predicted octanol–water partition coefficient (Wildman–Crippen LogP) is 2.41. The molecular formula is C16H30N2O. The Bertz CT molecular complexity index is 305. The van der Waals surface area contributed by atoms with E-state index in [2.05, 4.69) is 30.6 Å². The molecule has 0 amide bonds. The van der Waals surface area contributed by atoms with E-state index < -0.39 is 0 Å². The Morgan fingerprint density at radius 1 is 1.26 bits per heavy atom. The lowest BCUT2D eigenvalue weighted by molar-refractivity contribution is -0.126. The van der Waals surface area contributed by atoms with Gasteiger partial charge < -0.3 is 0 Å². The highest BCUT2D eigenvalue weighted by Crippen LogP contribution is 2.29. The van der Waals surface area contributed by atoms with Crippen LogP contribution >= 0.6 is 0 Å². The molecule has 0 aromatic carbocycles. The molecule has 0 aromatic heterocycles. The summed E-state index contributed by atoms with van der Waals surface area (Å²) in [6, 6.07) is 0.638. The monoisotopic (exact) mass is 266 g/mol. The Balaban J connectivity index is 1.85. The molecule has 3 atom stereocenters. The first-order chi connectivity index (χ1) is 9.13. The van der Waals surface area contributed by atoms with E-state index in [-0.39, 0.29) is 0 Å². The second kappa shape index (κ2) is 6.85. The number of nitrogens with zero attached hydrogens (tertiary/aromatic N) is 2. The minimum absolute atomic E-state index is 0.319. The molecule has 1 aliphatic heterocycles. The Hall–Kier alpha value is -0.410. The first-order valence-corrected chi connectivity index (χ1v) is 8.13. The summed E-state index contributed by atoms with van der Waals surface area (Å²) in [5.41, 5.74) is 0. The molecule has 0 spiro atoms. The first-order valence-electron chi connectivity index (χ1n) is 8.13. The van der Waals surface area contributed by atoms with Crippen LogP contribution in [0.15, 0.2) is 0 Å². The highest BCUT2D eigenvalue weighted by Gasteiger charge is 2.31. The van der Waals surface area contributed by atoms with E-state index in [4.69, 9.17) is 0 Å². The van der Waals surface area contributed by atoms with E-state index in [0.717, 1.165) is 57.9 Å². The van der Waals surface area contributed by atoms with E-state index in [1.165, 1.54) is 6.42 Å². The molecule has 3 unspecified atom stereocenters. The van der Waals surface area contributed by atoms with Crippen LogP contribution < -0.4 is 0 Å². The second-order valence-corrected chi connectivity index (χ2v) is 6.45. The van der Waals surface area contributed by atoms with Crippen LogP contribution in [0.25, 0.3) is 0 Å². The highest BCUT2D eigenvalue weighted by molar-refractivity contribution is 5.81. The average molecular weight is 266 g/mol. The molecule has 3 heteroatoms. The normalized spacial score (nSPS) is 34.7. The van der Waals surface area contributed by atoms with Crippen LogP contribution in [0, 0.1) is 11.8 Å². The summed E-state index contributed by atoms with van der Waals surface area (Å²) in [6.45, 7) is 12.4. The number of carbonyl (C=O) groups is 1. The van der Waals surface area contributed by atoms with E-state index in [1.807, 2.05) is 0 Å². The molecule has 19 heavy (non-hydrogen) atoms. The molecule has 1 heterocycles. The van der Waals surface area contributed by atoms with Crippen LogP contribution in [-0.2, 0) is 4.79 Å². The third-order valence-electron chi connectivity index (χ3n) is 5.18. The maximum atomic E-state index is 12.1. The molecule has 2 fully saturated rings. The Labute approximate surface area is 118 Å². The summed E-state index contributed by atoms with van der Waals surface area (Å²) < 4.78 is 0. The van der Waals surface area contributed by atoms with Crippen molar-refractivity contribution in [2.75, 3.05) is 32.7 Å². The van der Waals surface area contributed by atoms with Crippen molar-refractivity contribution in [3.8, 4) is 0 Å². The average Bonchev–Trinajstić information content (AvgIpc) is 2.41. The van der Waals surface area contributed by atoms with Crippen LogP contribution in [0.5, 0.6) is 0 Å². The zero-order valence-electron chi connectivity index (χ0n) is 12.9. The second-order valence-electron chi connectivity index (χ2n) is 6.45. The summed E-state index contributed by atoms with van der Waals surface area (Å²) in [5, 5.41) is 0. The Morgan fingerprint density at radius 2 is 2.05 bits per heavy atom. The summed E-state index contributed by atoms with van der Waals surface area (Å²) >= 11 is 0. The van der Waals surface area contributed by atoms with Crippen LogP contribution in [0.1, 0.15) is 46.5 Å². The van der Waals surface area contributed by atoms with E-state index in [1.54, 1.807) is 0 Å². The van der Waals surface area contributed by atoms with Crippen LogP contribution in [0.2, 0.25) is 0 Å². The number of likely N-dealkylation sites (N-methyl/N-ethyl adjacent to an activating group) is 1. The quantitative estimate of drug-likeness (QED) is 0.781. The molecule has 0 radical (unpaired) electrons. The zero-order valence-corrected chi connectivity index (χ0v) is 12.9. The van der Waals surface area contributed by atoms with Gasteiger partial charge in [-0.1, -0.05) is 20.3 Å². The van der Waals surface area contributed by atoms with Gasteiger partial charge in [-0.3, -0.25) is 14.6 Å². The van der Waals surface area contributed by atoms with Gasteiger partial charge >= 0.3 is 0 Å². The van der Waals surface area contributed by atoms with Crippen molar-refractivity contribution in [1.29, 1.82) is 0 Å². The van der Waals surface area contributed by atoms with Crippen molar-refractivity contribution >= 4 is 5.78 Å². The van der Waals surface area contributed by atoms with Gasteiger partial charge in [-0.2, -0.15) is 0 Å². The standard InChI is InChI=1S/C16H30N2O/c1-4-14-6-7-16(19)15(10-14)12-17-8-9-18(5-2)13(3)11-17/h13-15H,4-12H2,1-3H3. The Morgan fingerprint density at radius 3 is 2.68 bits per heavy atom. The molecule has 1 saturated heterocycles. The van der Waals surface area contributed by atoms with Crippen LogP contribution in [-0.4, -0.2) is 54.3 Å². The lowest BCUT2D eigenvalue weighted by Gasteiger charge is -2.41. The van der Waals surface area contributed by atoms with Gasteiger partial charge in [-0.05, 0) is 32.2 Å². The lowest BCUT2D eigenvalue weighted by atomic mass is 9.79. The molecule has 0 aromatic rings. The van der Waals surface area contributed by atoms with Crippen molar-refractivity contribution in [1.82, 2.24) is 9.80 Å². The molecule has 110 valence electrons. The van der Waals surface area contributed by atoms with Crippen molar-refractivity contribution < 1.29 is 4.79 Å². The summed E-state index contributed by atoms with van der Waals surface area (Å²) in [7, 11) is 0. The third-order valence-corrected chi connectivity index (χ3v) is 5.18. The molecule has 0 N–H and O–H groups in total. The number of rotatable bonds is 4. The van der Waals surface area contributed by atoms with E-state index in [9.17, 15) is 4.79 Å². The van der Waals surface area contributed by atoms with Crippen molar-refractivity contribution in [3.05, 3.63) is 0 Å². The van der Waals surface area contributed by atoms with Gasteiger partial charge in [0.15, 0.2) is 0 Å². The molecule has 0 bridgehead atoms. The predicted molar refractivity (Wildman–Crippen MR) is 79.3 cm³/mol. The number of piperazine rings is 1. The molecule has 1 saturated carbocycles. The smallest absolute Gasteiger partial charge is 0.137 e. The lowest BCUT2D eigenvalue weighted by Crippen LogP contribution is -2.53. The summed E-state index contributed by atoms with van der Waals surface area (Å²) in [5.74, 6) is 1.63. The van der Waals surface area contributed by atoms with E-state index >= 15 is 0 Å². The van der Waals surface area contributed by atoms with Gasteiger partial charge in [0.25, 0.3) is 0 Å². The van der Waals surface area contributed by atoms with Gasteiger partial charge in [0.1, 0.15) is 5.78 Å². The fourth-order valence-corrected chi connectivity index (χ4v) is 3.77. The van der Waals surface area contributed by atoms with Gasteiger partial charge in [0, 0.05) is 44.6 Å². The van der Waals surface area contributed by atoms with Gasteiger partial charge in [0.05, 0.1) is 0 Å². The van der Waals surface area contributed by atoms with Crippen molar-refractivity contribution in [2.45, 2.75) is 52.5 Å². The zero-order chi connectivity index (χ0) is 13.8. The topological polar surface area (TPSA) is 23.6 Å². The summed E-state index contributed by atoms with van der Waals surface area (Å²) in [4.78, 5) is 17.2. The molecule has 2 rings (SSSR count). The largest absolute Gasteiger partial charge is 0.300 e. The molecule has 3 nitrogen and oxygen atoms in total. The maximum Gasteiger partial charge on any atom is 0.137 e.